The summed E-state index contributed by atoms with van der Waals surface area (Å²) in [5, 5.41) is 7.92. The molecular formula is C20H27N3O5S. The summed E-state index contributed by atoms with van der Waals surface area (Å²) in [6, 6.07) is 6.25. The minimum atomic E-state index is -3.70. The molecule has 1 heterocycles. The Morgan fingerprint density at radius 2 is 1.79 bits per heavy atom. The van der Waals surface area contributed by atoms with Gasteiger partial charge in [0, 0.05) is 18.7 Å². The molecule has 0 spiro atoms. The Bertz CT molecular complexity index is 978. The van der Waals surface area contributed by atoms with Crippen LogP contribution in [0.2, 0.25) is 0 Å². The van der Waals surface area contributed by atoms with Gasteiger partial charge in [0.1, 0.15) is 5.69 Å². The second kappa shape index (κ2) is 9.71. The number of primary sulfonamides is 1. The van der Waals surface area contributed by atoms with E-state index >= 15 is 0 Å². The van der Waals surface area contributed by atoms with Crippen LogP contribution in [0.25, 0.3) is 0 Å². The molecule has 0 aliphatic rings. The SMILES string of the molecule is CCOC(=O)c1[nH]c(C)c(CCC(=O)NCCc2ccc(S(N)(=O)=O)cc2)c1C. The summed E-state index contributed by atoms with van der Waals surface area (Å²) in [4.78, 5) is 27.2. The predicted octanol–water partition coefficient (Wildman–Crippen LogP) is 1.75. The van der Waals surface area contributed by atoms with E-state index in [9.17, 15) is 18.0 Å². The van der Waals surface area contributed by atoms with Crippen LogP contribution in [-0.2, 0) is 32.4 Å². The molecule has 1 aromatic heterocycles. The van der Waals surface area contributed by atoms with Crippen LogP contribution in [0.5, 0.6) is 0 Å². The first-order valence-electron chi connectivity index (χ1n) is 9.37. The first-order chi connectivity index (χ1) is 13.6. The van der Waals surface area contributed by atoms with Crippen LogP contribution in [0.4, 0.5) is 0 Å². The minimum Gasteiger partial charge on any atom is -0.461 e. The van der Waals surface area contributed by atoms with Crippen molar-refractivity contribution < 1.29 is 22.7 Å². The number of benzene rings is 1. The Kier molecular flexibility index (Phi) is 7.58. The highest BCUT2D eigenvalue weighted by Gasteiger charge is 2.18. The van der Waals surface area contributed by atoms with Crippen molar-refractivity contribution >= 4 is 21.9 Å². The van der Waals surface area contributed by atoms with Gasteiger partial charge in [-0.15, -0.1) is 0 Å². The van der Waals surface area contributed by atoms with Crippen molar-refractivity contribution in [3.8, 4) is 0 Å². The van der Waals surface area contributed by atoms with Crippen LogP contribution in [-0.4, -0.2) is 38.4 Å². The lowest BCUT2D eigenvalue weighted by Gasteiger charge is -2.07. The summed E-state index contributed by atoms with van der Waals surface area (Å²) in [6.45, 7) is 6.21. The van der Waals surface area contributed by atoms with Crippen LogP contribution < -0.4 is 10.5 Å². The topological polar surface area (TPSA) is 131 Å². The Morgan fingerprint density at radius 1 is 1.14 bits per heavy atom. The molecule has 1 amide bonds. The van der Waals surface area contributed by atoms with Crippen molar-refractivity contribution in [1.82, 2.24) is 10.3 Å². The van der Waals surface area contributed by atoms with E-state index in [0.29, 0.717) is 38.1 Å². The Labute approximate surface area is 170 Å². The fourth-order valence-electron chi connectivity index (χ4n) is 3.09. The first kappa shape index (κ1) is 22.6. The van der Waals surface area contributed by atoms with Crippen molar-refractivity contribution in [3.63, 3.8) is 0 Å². The van der Waals surface area contributed by atoms with Gasteiger partial charge in [-0.3, -0.25) is 4.79 Å². The van der Waals surface area contributed by atoms with Crippen molar-refractivity contribution in [2.24, 2.45) is 5.14 Å². The van der Waals surface area contributed by atoms with Crippen LogP contribution in [0.15, 0.2) is 29.2 Å². The van der Waals surface area contributed by atoms with E-state index in [4.69, 9.17) is 9.88 Å². The Hall–Kier alpha value is -2.65. The molecule has 0 radical (unpaired) electrons. The van der Waals surface area contributed by atoms with E-state index < -0.39 is 16.0 Å². The number of ether oxygens (including phenoxy) is 1. The van der Waals surface area contributed by atoms with Crippen molar-refractivity contribution in [2.45, 2.75) is 44.9 Å². The summed E-state index contributed by atoms with van der Waals surface area (Å²) in [5.41, 5.74) is 3.94. The number of nitrogens with one attached hydrogen (secondary N) is 2. The van der Waals surface area contributed by atoms with E-state index in [1.54, 1.807) is 19.1 Å². The summed E-state index contributed by atoms with van der Waals surface area (Å²) in [6.07, 6.45) is 1.39. The molecule has 0 saturated heterocycles. The van der Waals surface area contributed by atoms with Crippen molar-refractivity contribution in [2.75, 3.05) is 13.2 Å². The highest BCUT2D eigenvalue weighted by molar-refractivity contribution is 7.89. The number of hydrogen-bond acceptors (Lipinski definition) is 5. The third kappa shape index (κ3) is 6.16. The number of nitrogens with two attached hydrogens (primary N) is 1. The average molecular weight is 422 g/mol. The molecule has 8 nitrogen and oxygen atoms in total. The summed E-state index contributed by atoms with van der Waals surface area (Å²) >= 11 is 0. The van der Waals surface area contributed by atoms with Gasteiger partial charge in [-0.2, -0.15) is 0 Å². The Balaban J connectivity index is 1.84. The first-order valence-corrected chi connectivity index (χ1v) is 10.9. The summed E-state index contributed by atoms with van der Waals surface area (Å²) < 4.78 is 27.5. The number of aromatic amines is 1. The lowest BCUT2D eigenvalue weighted by atomic mass is 10.0. The molecule has 0 aliphatic heterocycles. The molecular weight excluding hydrogens is 394 g/mol. The maximum atomic E-state index is 12.1. The molecule has 158 valence electrons. The van der Waals surface area contributed by atoms with Gasteiger partial charge in [-0.05, 0) is 62.4 Å². The van der Waals surface area contributed by atoms with Crippen LogP contribution in [0.1, 0.15) is 46.2 Å². The normalized spacial score (nSPS) is 11.3. The number of carbonyl (C=O) groups excluding carboxylic acids is 2. The van der Waals surface area contributed by atoms with Gasteiger partial charge in [-0.25, -0.2) is 18.4 Å². The number of hydrogen-bond donors (Lipinski definition) is 3. The molecule has 0 fully saturated rings. The smallest absolute Gasteiger partial charge is 0.355 e. The zero-order valence-corrected chi connectivity index (χ0v) is 17.7. The number of carbonyl (C=O) groups is 2. The van der Waals surface area contributed by atoms with Gasteiger partial charge < -0.3 is 15.0 Å². The standard InChI is InChI=1S/C20H27N3O5S/c1-4-28-20(25)19-13(2)17(14(3)23-19)9-10-18(24)22-12-11-15-5-7-16(8-6-15)29(21,26)27/h5-8,23H,4,9-12H2,1-3H3,(H,22,24)(H2,21,26,27). The minimum absolute atomic E-state index is 0.0599. The number of H-pyrrole nitrogens is 1. The van der Waals surface area contributed by atoms with Crippen LogP contribution >= 0.6 is 0 Å². The number of esters is 1. The third-order valence-electron chi connectivity index (χ3n) is 4.66. The van der Waals surface area contributed by atoms with Crippen molar-refractivity contribution in [1.29, 1.82) is 0 Å². The van der Waals surface area contributed by atoms with Crippen LogP contribution in [0, 0.1) is 13.8 Å². The van der Waals surface area contributed by atoms with Gasteiger partial charge in [0.2, 0.25) is 15.9 Å². The molecule has 0 saturated carbocycles. The van der Waals surface area contributed by atoms with Gasteiger partial charge >= 0.3 is 5.97 Å². The van der Waals surface area contributed by atoms with Crippen LogP contribution in [0.3, 0.4) is 0 Å². The van der Waals surface area contributed by atoms with E-state index in [2.05, 4.69) is 10.3 Å². The van der Waals surface area contributed by atoms with Gasteiger partial charge in [0.05, 0.1) is 11.5 Å². The second-order valence-electron chi connectivity index (χ2n) is 6.74. The van der Waals surface area contributed by atoms with E-state index in [1.807, 2.05) is 13.8 Å². The monoisotopic (exact) mass is 421 g/mol. The second-order valence-corrected chi connectivity index (χ2v) is 8.30. The number of rotatable bonds is 9. The molecule has 0 unspecified atom stereocenters. The largest absolute Gasteiger partial charge is 0.461 e. The summed E-state index contributed by atoms with van der Waals surface area (Å²) in [5.74, 6) is -0.485. The lowest BCUT2D eigenvalue weighted by molar-refractivity contribution is -0.121. The number of sulfonamides is 1. The molecule has 0 bridgehead atoms. The van der Waals surface area contributed by atoms with E-state index in [1.165, 1.54) is 12.1 Å². The van der Waals surface area contributed by atoms with Gasteiger partial charge in [0.15, 0.2) is 0 Å². The fraction of sp³-hybridized carbons (Fsp3) is 0.400. The quantitative estimate of drug-likeness (QED) is 0.531. The zero-order valence-electron chi connectivity index (χ0n) is 16.9. The third-order valence-corrected chi connectivity index (χ3v) is 5.59. The number of aromatic nitrogens is 1. The highest BCUT2D eigenvalue weighted by Crippen LogP contribution is 2.20. The maximum absolute atomic E-state index is 12.1. The van der Waals surface area contributed by atoms with Crippen molar-refractivity contribution in [3.05, 3.63) is 52.3 Å². The zero-order chi connectivity index (χ0) is 21.6. The number of amides is 1. The fourth-order valence-corrected chi connectivity index (χ4v) is 3.61. The molecule has 0 atom stereocenters. The van der Waals surface area contributed by atoms with Gasteiger partial charge in [-0.1, -0.05) is 12.1 Å². The lowest BCUT2D eigenvalue weighted by Crippen LogP contribution is -2.26. The Morgan fingerprint density at radius 3 is 2.38 bits per heavy atom. The molecule has 9 heteroatoms. The molecule has 0 aliphatic carbocycles. The van der Waals surface area contributed by atoms with E-state index in [-0.39, 0.29) is 10.8 Å². The predicted molar refractivity (Wildman–Crippen MR) is 109 cm³/mol. The maximum Gasteiger partial charge on any atom is 0.355 e. The molecule has 4 N–H and O–H groups in total. The molecule has 2 aromatic rings. The highest BCUT2D eigenvalue weighted by atomic mass is 32.2. The molecule has 1 aromatic carbocycles. The molecule has 2 rings (SSSR count). The summed E-state index contributed by atoms with van der Waals surface area (Å²) in [7, 11) is -3.70. The average Bonchev–Trinajstić information content (AvgIpc) is 2.94. The number of aryl methyl sites for hydroxylation is 1. The van der Waals surface area contributed by atoms with E-state index in [0.717, 1.165) is 22.4 Å². The molecule has 29 heavy (non-hydrogen) atoms. The van der Waals surface area contributed by atoms with Gasteiger partial charge in [0.25, 0.3) is 0 Å².